The van der Waals surface area contributed by atoms with Gasteiger partial charge in [0.25, 0.3) is 0 Å². The van der Waals surface area contributed by atoms with Gasteiger partial charge in [-0.2, -0.15) is 0 Å². The van der Waals surface area contributed by atoms with Crippen LogP contribution < -0.4 is 0 Å². The van der Waals surface area contributed by atoms with Crippen molar-refractivity contribution >= 4 is 5.78 Å². The van der Waals surface area contributed by atoms with Crippen molar-refractivity contribution in [2.24, 2.45) is 47.3 Å². The van der Waals surface area contributed by atoms with Crippen LogP contribution in [-0.4, -0.2) is 20.7 Å². The minimum absolute atomic E-state index is 0.217. The minimum Gasteiger partial charge on any atom is -0.299 e. The maximum absolute atomic E-state index is 14.0. The van der Waals surface area contributed by atoms with Crippen molar-refractivity contribution in [3.8, 4) is 22.8 Å². The van der Waals surface area contributed by atoms with Gasteiger partial charge < -0.3 is 0 Å². The van der Waals surface area contributed by atoms with E-state index >= 15 is 0 Å². The zero-order valence-electron chi connectivity index (χ0n) is 22.1. The number of carbonyl (C=O) groups excluding carboxylic acids is 1. The SMILES string of the molecule is O=C1C2CCCC3C4CCCCC4C4CC(c5nc(-c6ccccc6)nc(-c6ccccc6)n5)CC1C4C23. The highest BCUT2D eigenvalue weighted by Crippen LogP contribution is 2.67. The molecule has 2 aromatic carbocycles. The van der Waals surface area contributed by atoms with Crippen LogP contribution in [0.4, 0.5) is 0 Å². The topological polar surface area (TPSA) is 55.7 Å². The average molecular weight is 504 g/mol. The minimum atomic E-state index is 0.217. The van der Waals surface area contributed by atoms with Gasteiger partial charge in [-0.1, -0.05) is 79.9 Å². The van der Waals surface area contributed by atoms with Gasteiger partial charge in [0.05, 0.1) is 0 Å². The number of fused-ring (bicyclic) bond motifs is 3. The van der Waals surface area contributed by atoms with Crippen LogP contribution in [-0.2, 0) is 4.79 Å². The smallest absolute Gasteiger partial charge is 0.163 e. The van der Waals surface area contributed by atoms with Gasteiger partial charge >= 0.3 is 0 Å². The maximum atomic E-state index is 14.0. The Morgan fingerprint density at radius 1 is 0.553 bits per heavy atom. The van der Waals surface area contributed by atoms with E-state index < -0.39 is 0 Å². The molecule has 0 saturated heterocycles. The zero-order valence-corrected chi connectivity index (χ0v) is 22.1. The Morgan fingerprint density at radius 2 is 1.13 bits per heavy atom. The van der Waals surface area contributed by atoms with E-state index in [2.05, 4.69) is 24.3 Å². The lowest BCUT2D eigenvalue weighted by Gasteiger charge is -2.57. The molecule has 0 spiro atoms. The fourth-order valence-electron chi connectivity index (χ4n) is 10.1. The average Bonchev–Trinajstić information content (AvgIpc) is 3.29. The van der Waals surface area contributed by atoms with Gasteiger partial charge in [0.2, 0.25) is 0 Å². The van der Waals surface area contributed by atoms with Crippen molar-refractivity contribution in [1.29, 1.82) is 0 Å². The summed E-state index contributed by atoms with van der Waals surface area (Å²) in [6.45, 7) is 0. The highest BCUT2D eigenvalue weighted by molar-refractivity contribution is 5.87. The van der Waals surface area contributed by atoms with Crippen molar-refractivity contribution in [2.45, 2.75) is 63.7 Å². The number of carbonyl (C=O) groups is 1. The van der Waals surface area contributed by atoms with Gasteiger partial charge in [-0.15, -0.1) is 0 Å². The molecule has 0 amide bonds. The summed E-state index contributed by atoms with van der Waals surface area (Å²) in [5.41, 5.74) is 2.05. The Labute approximate surface area is 225 Å². The third kappa shape index (κ3) is 3.55. The van der Waals surface area contributed by atoms with E-state index in [1.165, 1.54) is 38.5 Å². The molecule has 38 heavy (non-hydrogen) atoms. The molecule has 5 aliphatic carbocycles. The predicted octanol–water partition coefficient (Wildman–Crippen LogP) is 7.37. The van der Waals surface area contributed by atoms with Crippen molar-refractivity contribution in [3.05, 3.63) is 66.5 Å². The number of hydrogen-bond acceptors (Lipinski definition) is 4. The quantitative estimate of drug-likeness (QED) is 0.374. The Hall–Kier alpha value is -2.88. The number of Topliss-reactive ketones (excluding diaryl/α,β-unsaturated/α-hetero) is 1. The van der Waals surface area contributed by atoms with E-state index in [4.69, 9.17) is 15.0 Å². The summed E-state index contributed by atoms with van der Waals surface area (Å²) in [5.74, 6) is 8.23. The van der Waals surface area contributed by atoms with Crippen LogP contribution in [0.1, 0.15) is 69.5 Å². The normalized spacial score (nSPS) is 37.4. The molecule has 0 radical (unpaired) electrons. The van der Waals surface area contributed by atoms with E-state index in [0.717, 1.165) is 65.6 Å². The van der Waals surface area contributed by atoms with Crippen LogP contribution in [0.25, 0.3) is 22.8 Å². The fourth-order valence-corrected chi connectivity index (χ4v) is 10.1. The van der Waals surface area contributed by atoms with Crippen LogP contribution in [0, 0.1) is 47.3 Å². The second-order valence-electron chi connectivity index (χ2n) is 12.9. The monoisotopic (exact) mass is 503 g/mol. The summed E-state index contributed by atoms with van der Waals surface area (Å²) in [6, 6.07) is 20.6. The number of rotatable bonds is 3. The van der Waals surface area contributed by atoms with Gasteiger partial charge in [-0.25, -0.2) is 15.0 Å². The van der Waals surface area contributed by atoms with Crippen LogP contribution in [0.3, 0.4) is 0 Å². The summed E-state index contributed by atoms with van der Waals surface area (Å²) < 4.78 is 0. The second-order valence-corrected chi connectivity index (χ2v) is 12.9. The number of hydrogen-bond donors (Lipinski definition) is 0. The van der Waals surface area contributed by atoms with Crippen molar-refractivity contribution in [1.82, 2.24) is 15.0 Å². The van der Waals surface area contributed by atoms with Crippen LogP contribution in [0.2, 0.25) is 0 Å². The molecule has 1 heterocycles. The Balaban J connectivity index is 1.22. The maximum Gasteiger partial charge on any atom is 0.163 e. The van der Waals surface area contributed by atoms with Crippen LogP contribution in [0.5, 0.6) is 0 Å². The van der Waals surface area contributed by atoms with Gasteiger partial charge in [-0.3, -0.25) is 4.79 Å². The van der Waals surface area contributed by atoms with Crippen LogP contribution >= 0.6 is 0 Å². The van der Waals surface area contributed by atoms with E-state index in [9.17, 15) is 4.79 Å². The molecule has 3 aromatic rings. The van der Waals surface area contributed by atoms with Gasteiger partial charge in [0, 0.05) is 28.9 Å². The van der Waals surface area contributed by atoms with E-state index in [0.29, 0.717) is 29.5 Å². The van der Waals surface area contributed by atoms with Crippen molar-refractivity contribution in [2.75, 3.05) is 0 Å². The lowest BCUT2D eigenvalue weighted by Crippen LogP contribution is -2.51. The summed E-state index contributed by atoms with van der Waals surface area (Å²) in [5, 5.41) is 0. The molecule has 4 heteroatoms. The first-order valence-corrected chi connectivity index (χ1v) is 15.2. The summed E-state index contributed by atoms with van der Waals surface area (Å²) in [6.07, 6.45) is 11.4. The predicted molar refractivity (Wildman–Crippen MR) is 148 cm³/mol. The lowest BCUT2D eigenvalue weighted by atomic mass is 9.47. The standard InChI is InChI=1S/C34H37N3O/c38-31-26-17-9-16-25-23-14-7-8-15-24(23)27-18-22(19-28(31)30(27)29(25)26)34-36-32(20-10-3-1-4-11-20)35-33(37-34)21-12-5-2-6-13-21/h1-6,10-13,22-30H,7-9,14-19H2. The molecule has 1 aromatic heterocycles. The second kappa shape index (κ2) is 9.10. The molecule has 194 valence electrons. The number of nitrogens with zero attached hydrogens (tertiary/aromatic N) is 3. The summed E-state index contributed by atoms with van der Waals surface area (Å²) >= 11 is 0. The molecule has 0 bridgehead atoms. The first kappa shape index (κ1) is 23.0. The summed E-state index contributed by atoms with van der Waals surface area (Å²) in [4.78, 5) is 29.2. The molecule has 9 atom stereocenters. The number of aromatic nitrogens is 3. The third-order valence-electron chi connectivity index (χ3n) is 11.3. The highest BCUT2D eigenvalue weighted by Gasteiger charge is 2.64. The molecule has 5 fully saturated rings. The Kier molecular flexibility index (Phi) is 5.52. The fraction of sp³-hybridized carbons (Fsp3) is 0.529. The van der Waals surface area contributed by atoms with Crippen molar-refractivity contribution in [3.63, 3.8) is 0 Å². The third-order valence-corrected chi connectivity index (χ3v) is 11.3. The zero-order chi connectivity index (χ0) is 25.2. The van der Waals surface area contributed by atoms with Gasteiger partial charge in [0.1, 0.15) is 11.6 Å². The first-order chi connectivity index (χ1) is 18.8. The lowest BCUT2D eigenvalue weighted by molar-refractivity contribution is -0.126. The van der Waals surface area contributed by atoms with E-state index in [-0.39, 0.29) is 11.8 Å². The van der Waals surface area contributed by atoms with Crippen molar-refractivity contribution < 1.29 is 4.79 Å². The van der Waals surface area contributed by atoms with Crippen LogP contribution in [0.15, 0.2) is 60.7 Å². The van der Waals surface area contributed by atoms with Gasteiger partial charge in [-0.05, 0) is 74.0 Å². The molecular weight excluding hydrogens is 466 g/mol. The molecule has 5 aliphatic rings. The number of benzene rings is 2. The Morgan fingerprint density at radius 3 is 1.79 bits per heavy atom. The van der Waals surface area contributed by atoms with Gasteiger partial charge in [0.15, 0.2) is 11.6 Å². The molecular formula is C34H37N3O. The van der Waals surface area contributed by atoms with E-state index in [1.54, 1.807) is 0 Å². The summed E-state index contributed by atoms with van der Waals surface area (Å²) in [7, 11) is 0. The van der Waals surface area contributed by atoms with E-state index in [1.807, 2.05) is 36.4 Å². The molecule has 4 nitrogen and oxygen atoms in total. The molecule has 5 saturated carbocycles. The molecule has 0 aliphatic heterocycles. The number of ketones is 1. The molecule has 9 unspecified atom stereocenters. The first-order valence-electron chi connectivity index (χ1n) is 15.2. The largest absolute Gasteiger partial charge is 0.299 e. The Bertz CT molecular complexity index is 1280. The molecule has 0 N–H and O–H groups in total. The molecule has 8 rings (SSSR count). The highest BCUT2D eigenvalue weighted by atomic mass is 16.1.